The van der Waals surface area contributed by atoms with Crippen molar-refractivity contribution in [2.75, 3.05) is 0 Å². The zero-order chi connectivity index (χ0) is 16.8. The molecule has 2 aromatic carbocycles. The first-order chi connectivity index (χ1) is 10.2. The van der Waals surface area contributed by atoms with E-state index in [1.807, 2.05) is 0 Å². The minimum atomic E-state index is -0.416. The average Bonchev–Trinajstić information content (AvgIpc) is 2.48. The van der Waals surface area contributed by atoms with Crippen molar-refractivity contribution in [3.8, 4) is 17.2 Å². The number of hydrogen-bond donors (Lipinski definition) is 1. The van der Waals surface area contributed by atoms with E-state index in [0.29, 0.717) is 0 Å². The highest BCUT2D eigenvalue weighted by Crippen LogP contribution is 2.52. The van der Waals surface area contributed by atoms with Crippen molar-refractivity contribution in [1.29, 1.82) is 0 Å². The van der Waals surface area contributed by atoms with Crippen LogP contribution in [0.1, 0.15) is 0 Å². The summed E-state index contributed by atoms with van der Waals surface area (Å²) in [6.07, 6.45) is 0. The second kappa shape index (κ2) is 7.08. The summed E-state index contributed by atoms with van der Waals surface area (Å²) >= 11 is 47.5. The molecule has 0 heterocycles. The van der Waals surface area contributed by atoms with E-state index in [1.165, 1.54) is 6.07 Å². The van der Waals surface area contributed by atoms with E-state index in [1.54, 1.807) is 0 Å². The normalized spacial score (nSPS) is 10.9. The fraction of sp³-hybridized carbons (Fsp3) is 0. The van der Waals surface area contributed by atoms with Gasteiger partial charge in [0.15, 0.2) is 17.2 Å². The first-order valence-corrected chi connectivity index (χ1v) is 8.24. The number of benzene rings is 2. The van der Waals surface area contributed by atoms with Gasteiger partial charge in [0, 0.05) is 0 Å². The third-order valence-corrected chi connectivity index (χ3v) is 5.64. The van der Waals surface area contributed by atoms with Gasteiger partial charge in [-0.2, -0.15) is 0 Å². The molecule has 0 atom stereocenters. The summed E-state index contributed by atoms with van der Waals surface area (Å²) < 4.78 is 5.48. The molecule has 118 valence electrons. The van der Waals surface area contributed by atoms with Gasteiger partial charge in [0.2, 0.25) is 0 Å². The van der Waals surface area contributed by atoms with Crippen LogP contribution in [0.3, 0.4) is 0 Å². The first kappa shape index (κ1) is 18.7. The monoisotopic (exact) mass is 458 g/mol. The molecular formula is C12H2Cl8O2. The quantitative estimate of drug-likeness (QED) is 0.359. The van der Waals surface area contributed by atoms with Gasteiger partial charge in [-0.05, 0) is 6.07 Å². The van der Waals surface area contributed by atoms with E-state index < -0.39 is 5.75 Å². The van der Waals surface area contributed by atoms with E-state index in [4.69, 9.17) is 97.5 Å². The molecule has 2 rings (SSSR count). The van der Waals surface area contributed by atoms with Crippen molar-refractivity contribution in [3.63, 3.8) is 0 Å². The van der Waals surface area contributed by atoms with Crippen LogP contribution in [-0.4, -0.2) is 5.11 Å². The summed E-state index contributed by atoms with van der Waals surface area (Å²) in [5.74, 6) is -0.655. The predicted octanol–water partition coefficient (Wildman–Crippen LogP) is 8.41. The number of ether oxygens (including phenoxy) is 1. The van der Waals surface area contributed by atoms with Gasteiger partial charge in [-0.3, -0.25) is 0 Å². The van der Waals surface area contributed by atoms with Crippen molar-refractivity contribution in [1.82, 2.24) is 0 Å². The number of halogens is 8. The van der Waals surface area contributed by atoms with Crippen LogP contribution < -0.4 is 4.74 Å². The lowest BCUT2D eigenvalue weighted by Gasteiger charge is -2.16. The smallest absolute Gasteiger partial charge is 0.168 e. The van der Waals surface area contributed by atoms with Crippen molar-refractivity contribution in [2.24, 2.45) is 0 Å². The molecule has 0 amide bonds. The van der Waals surface area contributed by atoms with E-state index in [-0.39, 0.29) is 51.7 Å². The zero-order valence-electron chi connectivity index (χ0n) is 9.96. The zero-order valence-corrected chi connectivity index (χ0v) is 16.0. The molecule has 0 bridgehead atoms. The molecule has 0 aliphatic carbocycles. The Hall–Kier alpha value is 0.360. The Kier molecular flexibility index (Phi) is 6.02. The van der Waals surface area contributed by atoms with Gasteiger partial charge in [0.05, 0.1) is 25.1 Å². The van der Waals surface area contributed by atoms with Crippen molar-refractivity contribution in [3.05, 3.63) is 46.2 Å². The molecule has 0 aliphatic heterocycles. The Morgan fingerprint density at radius 2 is 1.05 bits per heavy atom. The number of phenols is 1. The van der Waals surface area contributed by atoms with Crippen LogP contribution in [0.15, 0.2) is 6.07 Å². The third kappa shape index (κ3) is 3.26. The average molecular weight is 462 g/mol. The molecule has 1 N–H and O–H groups in total. The highest BCUT2D eigenvalue weighted by atomic mass is 35.5. The maximum atomic E-state index is 9.74. The van der Waals surface area contributed by atoms with E-state index in [9.17, 15) is 5.11 Å². The summed E-state index contributed by atoms with van der Waals surface area (Å²) in [6.45, 7) is 0. The van der Waals surface area contributed by atoms with E-state index in [0.717, 1.165) is 0 Å². The van der Waals surface area contributed by atoms with Gasteiger partial charge in [-0.15, -0.1) is 0 Å². The second-order valence-corrected chi connectivity index (χ2v) is 6.92. The van der Waals surface area contributed by atoms with Gasteiger partial charge in [-0.25, -0.2) is 0 Å². The fourth-order valence-electron chi connectivity index (χ4n) is 1.43. The standard InChI is InChI=1S/C12H2Cl8O2/c13-2-1-3(14)11(9(20)10(2)21)22-12-7(18)5(16)4(15)6(17)8(12)19/h1,21H. The van der Waals surface area contributed by atoms with Gasteiger partial charge >= 0.3 is 0 Å². The van der Waals surface area contributed by atoms with Gasteiger partial charge in [-0.1, -0.05) is 92.8 Å². The molecule has 0 aromatic heterocycles. The third-order valence-electron chi connectivity index (χ3n) is 2.48. The summed E-state index contributed by atoms with van der Waals surface area (Å²) in [5.41, 5.74) is 0. The Morgan fingerprint density at radius 1 is 0.591 bits per heavy atom. The molecule has 0 aliphatic rings. The molecule has 22 heavy (non-hydrogen) atoms. The largest absolute Gasteiger partial charge is 0.505 e. The Labute approximate surface area is 165 Å². The van der Waals surface area contributed by atoms with Crippen molar-refractivity contribution >= 4 is 92.8 Å². The van der Waals surface area contributed by atoms with E-state index in [2.05, 4.69) is 0 Å². The topological polar surface area (TPSA) is 29.5 Å². The van der Waals surface area contributed by atoms with Crippen LogP contribution in [0.2, 0.25) is 40.2 Å². The van der Waals surface area contributed by atoms with Crippen LogP contribution in [0, 0.1) is 0 Å². The second-order valence-electron chi connectivity index (χ2n) is 3.83. The Bertz CT molecular complexity index is 746. The highest BCUT2D eigenvalue weighted by molar-refractivity contribution is 6.55. The summed E-state index contributed by atoms with van der Waals surface area (Å²) in [5, 5.41) is 9.15. The van der Waals surface area contributed by atoms with Crippen LogP contribution in [0.5, 0.6) is 17.2 Å². The number of rotatable bonds is 2. The first-order valence-electron chi connectivity index (χ1n) is 5.22. The molecule has 0 fully saturated rings. The number of aromatic hydroxyl groups is 1. The Balaban J connectivity index is 2.66. The van der Waals surface area contributed by atoms with Crippen LogP contribution in [0.4, 0.5) is 0 Å². The summed E-state index contributed by atoms with van der Waals surface area (Å²) in [6, 6.07) is 1.24. The summed E-state index contributed by atoms with van der Waals surface area (Å²) in [7, 11) is 0. The molecule has 10 heteroatoms. The molecule has 2 nitrogen and oxygen atoms in total. The van der Waals surface area contributed by atoms with Gasteiger partial charge < -0.3 is 9.84 Å². The van der Waals surface area contributed by atoms with Crippen LogP contribution in [0.25, 0.3) is 0 Å². The van der Waals surface area contributed by atoms with Crippen LogP contribution in [-0.2, 0) is 0 Å². The maximum Gasteiger partial charge on any atom is 0.168 e. The summed E-state index contributed by atoms with van der Waals surface area (Å²) in [4.78, 5) is 0. The Morgan fingerprint density at radius 3 is 1.55 bits per heavy atom. The molecule has 2 aromatic rings. The molecule has 0 saturated heterocycles. The van der Waals surface area contributed by atoms with Gasteiger partial charge in [0.1, 0.15) is 15.1 Å². The molecule has 0 saturated carbocycles. The highest BCUT2D eigenvalue weighted by Gasteiger charge is 2.24. The lowest BCUT2D eigenvalue weighted by Crippen LogP contribution is -1.92. The lowest BCUT2D eigenvalue weighted by molar-refractivity contribution is 0.456. The minimum absolute atomic E-state index is 0.0159. The predicted molar refractivity (Wildman–Crippen MR) is 94.7 cm³/mol. The molecule has 0 spiro atoms. The number of phenolic OH excluding ortho intramolecular Hbond substituents is 1. The molecule has 0 unspecified atom stereocenters. The minimum Gasteiger partial charge on any atom is -0.505 e. The fourth-order valence-corrected chi connectivity index (χ4v) is 3.47. The SMILES string of the molecule is Oc1c(Cl)cc(Cl)c(Oc2c(Cl)c(Cl)c(Cl)c(Cl)c2Cl)c1Cl. The van der Waals surface area contributed by atoms with Crippen LogP contribution >= 0.6 is 92.8 Å². The molecule has 0 radical (unpaired) electrons. The lowest BCUT2D eigenvalue weighted by atomic mass is 10.3. The van der Waals surface area contributed by atoms with Gasteiger partial charge in [0.25, 0.3) is 0 Å². The maximum absolute atomic E-state index is 9.74. The van der Waals surface area contributed by atoms with Crippen molar-refractivity contribution in [2.45, 2.75) is 0 Å². The number of hydrogen-bond acceptors (Lipinski definition) is 2. The van der Waals surface area contributed by atoms with Crippen molar-refractivity contribution < 1.29 is 9.84 Å². The van der Waals surface area contributed by atoms with E-state index >= 15 is 0 Å². The molecular weight excluding hydrogens is 460 g/mol.